The molecule has 0 bridgehead atoms. The summed E-state index contributed by atoms with van der Waals surface area (Å²) in [4.78, 5) is 36.6. The minimum Gasteiger partial charge on any atom is -0.342 e. The Balaban J connectivity index is 1.48. The van der Waals surface area contributed by atoms with Crippen molar-refractivity contribution in [3.63, 3.8) is 0 Å². The fourth-order valence-corrected chi connectivity index (χ4v) is 3.77. The molecule has 20 heavy (non-hydrogen) atoms. The van der Waals surface area contributed by atoms with Gasteiger partial charge in [0.15, 0.2) is 0 Å². The van der Waals surface area contributed by atoms with Gasteiger partial charge in [0.05, 0.1) is 0 Å². The predicted octanol–water partition coefficient (Wildman–Crippen LogP) is 0.767. The van der Waals surface area contributed by atoms with Gasteiger partial charge in [0, 0.05) is 19.5 Å². The first kappa shape index (κ1) is 13.4. The van der Waals surface area contributed by atoms with E-state index in [1.165, 1.54) is 25.7 Å². The molecule has 6 nitrogen and oxygen atoms in total. The minimum absolute atomic E-state index is 0.114. The third-order valence-corrected chi connectivity index (χ3v) is 4.96. The van der Waals surface area contributed by atoms with Crippen molar-refractivity contribution in [2.75, 3.05) is 13.1 Å². The molecule has 1 spiro atoms. The van der Waals surface area contributed by atoms with Crippen LogP contribution in [-0.4, -0.2) is 41.9 Å². The van der Waals surface area contributed by atoms with E-state index < -0.39 is 12.1 Å². The Labute approximate surface area is 118 Å². The summed E-state index contributed by atoms with van der Waals surface area (Å²) in [6, 6.07) is -1.01. The first-order valence-corrected chi connectivity index (χ1v) is 7.47. The van der Waals surface area contributed by atoms with Crippen LogP contribution in [-0.2, 0) is 9.59 Å². The van der Waals surface area contributed by atoms with Gasteiger partial charge in [-0.25, -0.2) is 4.79 Å². The molecule has 1 saturated carbocycles. The van der Waals surface area contributed by atoms with E-state index in [2.05, 4.69) is 10.6 Å². The van der Waals surface area contributed by atoms with Gasteiger partial charge in [-0.3, -0.25) is 14.9 Å². The Morgan fingerprint density at radius 2 is 2.00 bits per heavy atom. The Kier molecular flexibility index (Phi) is 3.40. The molecule has 2 N–H and O–H groups in total. The molecule has 0 radical (unpaired) electrons. The minimum atomic E-state index is -0.547. The molecule has 110 valence electrons. The average molecular weight is 279 g/mol. The van der Waals surface area contributed by atoms with Crippen LogP contribution in [0.1, 0.15) is 44.9 Å². The van der Waals surface area contributed by atoms with E-state index in [-0.39, 0.29) is 11.8 Å². The van der Waals surface area contributed by atoms with E-state index in [1.54, 1.807) is 0 Å². The highest BCUT2D eigenvalue weighted by atomic mass is 16.2. The lowest BCUT2D eigenvalue weighted by Crippen LogP contribution is -2.34. The fraction of sp³-hybridized carbons (Fsp3) is 0.786. The number of imide groups is 1. The van der Waals surface area contributed by atoms with E-state index in [1.807, 2.05) is 4.90 Å². The number of carbonyl (C=O) groups excluding carboxylic acids is 3. The zero-order chi connectivity index (χ0) is 14.2. The Morgan fingerprint density at radius 1 is 1.25 bits per heavy atom. The number of hydrogen-bond donors (Lipinski definition) is 2. The Hall–Kier alpha value is -1.59. The molecule has 0 aromatic rings. The van der Waals surface area contributed by atoms with Crippen molar-refractivity contribution in [1.29, 1.82) is 0 Å². The van der Waals surface area contributed by atoms with Gasteiger partial charge in [-0.2, -0.15) is 0 Å². The normalized spacial score (nSPS) is 28.0. The summed E-state index contributed by atoms with van der Waals surface area (Å²) < 4.78 is 0. The summed E-state index contributed by atoms with van der Waals surface area (Å²) in [5, 5.41) is 4.71. The predicted molar refractivity (Wildman–Crippen MR) is 71.8 cm³/mol. The molecule has 2 heterocycles. The second-order valence-corrected chi connectivity index (χ2v) is 6.33. The summed E-state index contributed by atoms with van der Waals surface area (Å²) >= 11 is 0. The molecule has 3 aliphatic rings. The second-order valence-electron chi connectivity index (χ2n) is 6.33. The van der Waals surface area contributed by atoms with Crippen LogP contribution in [0, 0.1) is 5.41 Å². The average Bonchev–Trinajstić information content (AvgIpc) is 3.11. The van der Waals surface area contributed by atoms with Crippen LogP contribution in [0.2, 0.25) is 0 Å². The molecule has 3 rings (SSSR count). The molecule has 1 aliphatic carbocycles. The molecule has 6 heteroatoms. The summed E-state index contributed by atoms with van der Waals surface area (Å²) in [5.41, 5.74) is 0.384. The topological polar surface area (TPSA) is 78.5 Å². The van der Waals surface area contributed by atoms with Gasteiger partial charge in [0.25, 0.3) is 5.91 Å². The number of likely N-dealkylation sites (tertiary alicyclic amines) is 1. The van der Waals surface area contributed by atoms with Gasteiger partial charge in [-0.05, 0) is 31.1 Å². The lowest BCUT2D eigenvalue weighted by atomic mass is 9.86. The molecule has 2 aliphatic heterocycles. The van der Waals surface area contributed by atoms with Crippen LogP contribution in [0.25, 0.3) is 0 Å². The number of urea groups is 1. The number of nitrogens with zero attached hydrogens (tertiary/aromatic N) is 1. The molecule has 0 aromatic carbocycles. The molecule has 1 atom stereocenters. The van der Waals surface area contributed by atoms with Crippen molar-refractivity contribution < 1.29 is 14.4 Å². The zero-order valence-electron chi connectivity index (χ0n) is 11.6. The van der Waals surface area contributed by atoms with E-state index in [0.717, 1.165) is 19.5 Å². The maximum Gasteiger partial charge on any atom is 0.322 e. The summed E-state index contributed by atoms with van der Waals surface area (Å²) in [6.45, 7) is 1.73. The largest absolute Gasteiger partial charge is 0.342 e. The number of carbonyl (C=O) groups is 3. The molecule has 3 fully saturated rings. The first-order chi connectivity index (χ1) is 9.58. The highest BCUT2D eigenvalue weighted by Gasteiger charge is 2.41. The van der Waals surface area contributed by atoms with Crippen LogP contribution in [0.15, 0.2) is 0 Å². The fourth-order valence-electron chi connectivity index (χ4n) is 3.77. The highest BCUT2D eigenvalue weighted by Crippen LogP contribution is 2.45. The SMILES string of the molecule is O=C1NC(=O)[C@H](CCC(=O)N2CCC3(CCCC3)C2)N1. The van der Waals surface area contributed by atoms with Crippen molar-refractivity contribution >= 4 is 17.8 Å². The van der Waals surface area contributed by atoms with Crippen molar-refractivity contribution in [2.45, 2.75) is 51.0 Å². The first-order valence-electron chi connectivity index (χ1n) is 7.47. The standard InChI is InChI=1S/C14H21N3O3/c18-11(4-3-10-12(19)16-13(20)15-10)17-8-7-14(9-17)5-1-2-6-14/h10H,1-9H2,(H2,15,16,19,20)/t10-/m0/s1. The van der Waals surface area contributed by atoms with E-state index in [0.29, 0.717) is 18.3 Å². The van der Waals surface area contributed by atoms with Crippen LogP contribution in [0.3, 0.4) is 0 Å². The van der Waals surface area contributed by atoms with Crippen molar-refractivity contribution in [2.24, 2.45) is 5.41 Å². The summed E-state index contributed by atoms with van der Waals surface area (Å²) in [5.74, 6) is -0.209. The number of amides is 4. The van der Waals surface area contributed by atoms with Gasteiger partial charge >= 0.3 is 6.03 Å². The van der Waals surface area contributed by atoms with Gasteiger partial charge in [-0.1, -0.05) is 12.8 Å². The van der Waals surface area contributed by atoms with Gasteiger partial charge < -0.3 is 10.2 Å². The molecule has 0 unspecified atom stereocenters. The monoisotopic (exact) mass is 279 g/mol. The van der Waals surface area contributed by atoms with Crippen LogP contribution in [0.4, 0.5) is 4.79 Å². The van der Waals surface area contributed by atoms with Gasteiger partial charge in [0.1, 0.15) is 6.04 Å². The van der Waals surface area contributed by atoms with E-state index in [4.69, 9.17) is 0 Å². The zero-order valence-corrected chi connectivity index (χ0v) is 11.6. The summed E-state index contributed by atoms with van der Waals surface area (Å²) in [6.07, 6.45) is 6.91. The van der Waals surface area contributed by atoms with Crippen LogP contribution >= 0.6 is 0 Å². The quantitative estimate of drug-likeness (QED) is 0.749. The maximum atomic E-state index is 12.2. The number of hydrogen-bond acceptors (Lipinski definition) is 3. The smallest absolute Gasteiger partial charge is 0.322 e. The number of nitrogens with one attached hydrogen (secondary N) is 2. The number of rotatable bonds is 3. The molecule has 2 saturated heterocycles. The van der Waals surface area contributed by atoms with E-state index >= 15 is 0 Å². The Bertz CT molecular complexity index is 443. The molecule has 4 amide bonds. The van der Waals surface area contributed by atoms with Crippen molar-refractivity contribution in [1.82, 2.24) is 15.5 Å². The molecular weight excluding hydrogens is 258 g/mol. The molecule has 0 aromatic heterocycles. The van der Waals surface area contributed by atoms with Gasteiger partial charge in [-0.15, -0.1) is 0 Å². The highest BCUT2D eigenvalue weighted by molar-refractivity contribution is 6.04. The van der Waals surface area contributed by atoms with Crippen LogP contribution < -0.4 is 10.6 Å². The second kappa shape index (κ2) is 5.07. The van der Waals surface area contributed by atoms with Gasteiger partial charge in [0.2, 0.25) is 5.91 Å². The Morgan fingerprint density at radius 3 is 2.65 bits per heavy atom. The lowest BCUT2D eigenvalue weighted by molar-refractivity contribution is -0.130. The van der Waals surface area contributed by atoms with Crippen molar-refractivity contribution in [3.8, 4) is 0 Å². The third kappa shape index (κ3) is 2.51. The third-order valence-electron chi connectivity index (χ3n) is 4.96. The molecular formula is C14H21N3O3. The van der Waals surface area contributed by atoms with Crippen LogP contribution in [0.5, 0.6) is 0 Å². The maximum absolute atomic E-state index is 12.2. The van der Waals surface area contributed by atoms with E-state index in [9.17, 15) is 14.4 Å². The lowest BCUT2D eigenvalue weighted by Gasteiger charge is -2.23. The summed E-state index contributed by atoms with van der Waals surface area (Å²) in [7, 11) is 0. The van der Waals surface area contributed by atoms with Crippen molar-refractivity contribution in [3.05, 3.63) is 0 Å².